The van der Waals surface area contributed by atoms with E-state index in [1.165, 1.54) is 23.9 Å². The lowest BCUT2D eigenvalue weighted by molar-refractivity contribution is -0.122. The fourth-order valence-electron chi connectivity index (χ4n) is 5.00. The third-order valence-electron chi connectivity index (χ3n) is 7.06. The first-order valence-corrected chi connectivity index (χ1v) is 12.3. The summed E-state index contributed by atoms with van der Waals surface area (Å²) in [4.78, 5) is 12.4. The zero-order chi connectivity index (χ0) is 24.6. The van der Waals surface area contributed by atoms with Crippen LogP contribution in [0.3, 0.4) is 0 Å². The normalized spacial score (nSPS) is 22.2. The quantitative estimate of drug-likeness (QED) is 0.230. The molecular weight excluding hydrogens is 413 g/mol. The van der Waals surface area contributed by atoms with Crippen LogP contribution in [0.2, 0.25) is 0 Å². The van der Waals surface area contributed by atoms with E-state index in [1.54, 1.807) is 12.1 Å². The Balaban J connectivity index is 2.18. The van der Waals surface area contributed by atoms with Crippen molar-refractivity contribution in [2.75, 3.05) is 5.32 Å². The van der Waals surface area contributed by atoms with Gasteiger partial charge in [0.1, 0.15) is 5.82 Å². The highest BCUT2D eigenvalue weighted by molar-refractivity contribution is 5.78. The minimum Gasteiger partial charge on any atom is -0.359 e. The molecule has 5 heteroatoms. The number of hydrogen-bond donors (Lipinski definition) is 3. The van der Waals surface area contributed by atoms with Gasteiger partial charge in [0.2, 0.25) is 5.91 Å². The fourth-order valence-corrected chi connectivity index (χ4v) is 5.00. The van der Waals surface area contributed by atoms with Crippen LogP contribution in [0.5, 0.6) is 0 Å². The van der Waals surface area contributed by atoms with E-state index in [1.807, 2.05) is 6.92 Å². The molecule has 1 aliphatic carbocycles. The molecule has 3 atom stereocenters. The average Bonchev–Trinajstić information content (AvgIpc) is 3.01. The van der Waals surface area contributed by atoms with E-state index in [0.29, 0.717) is 18.3 Å². The van der Waals surface area contributed by atoms with E-state index < -0.39 is 0 Å². The number of hydrogen-bond acceptors (Lipinski definition) is 3. The van der Waals surface area contributed by atoms with E-state index in [2.05, 4.69) is 44.9 Å². The zero-order valence-corrected chi connectivity index (χ0v) is 21.1. The third kappa shape index (κ3) is 7.55. The Morgan fingerprint density at radius 1 is 1.33 bits per heavy atom. The van der Waals surface area contributed by atoms with Gasteiger partial charge in [-0.25, -0.2) is 4.39 Å². The van der Waals surface area contributed by atoms with E-state index >= 15 is 0 Å². The fraction of sp³-hybridized carbons (Fsp3) is 0.571. The summed E-state index contributed by atoms with van der Waals surface area (Å²) in [5, 5.41) is 14.7. The molecular formula is C28H42FN3O. The number of anilines is 1. The minimum absolute atomic E-state index is 0.132. The number of carbonyl (C=O) groups is 1. The van der Waals surface area contributed by atoms with Crippen LogP contribution in [0.4, 0.5) is 10.1 Å². The molecule has 4 nitrogen and oxygen atoms in total. The molecule has 1 aromatic rings. The molecule has 182 valence electrons. The number of rotatable bonds is 12. The Morgan fingerprint density at radius 3 is 2.58 bits per heavy atom. The lowest BCUT2D eigenvalue weighted by atomic mass is 9.70. The standard InChI is InChI=1S/C28H42FN3O/c1-7-8-26(32-27(33)15-19(2)3)16-23-10-9-20(4)28(23,6)17-22(18-30)21(5)31-25-13-11-24(29)12-14-25/h11-14,18-19,23,26,30-31H,4,7-10,15-17H2,1-3,5-6H3,(H,32,33)/b22-21-,30-18?/t23-,26?,28+/m1/s1. The molecule has 0 radical (unpaired) electrons. The smallest absolute Gasteiger partial charge is 0.220 e. The lowest BCUT2D eigenvalue weighted by Crippen LogP contribution is -2.39. The molecule has 0 aromatic heterocycles. The first-order chi connectivity index (χ1) is 15.6. The topological polar surface area (TPSA) is 65.0 Å². The average molecular weight is 456 g/mol. The molecule has 33 heavy (non-hydrogen) atoms. The maximum absolute atomic E-state index is 13.2. The monoisotopic (exact) mass is 455 g/mol. The summed E-state index contributed by atoms with van der Waals surface area (Å²) < 4.78 is 13.2. The van der Waals surface area contributed by atoms with Crippen LogP contribution >= 0.6 is 0 Å². The molecule has 1 saturated carbocycles. The summed E-state index contributed by atoms with van der Waals surface area (Å²) in [5.74, 6) is 0.616. The number of allylic oxidation sites excluding steroid dienone is 3. The van der Waals surface area contributed by atoms with Gasteiger partial charge in [0.15, 0.2) is 0 Å². The summed E-state index contributed by atoms with van der Waals surface area (Å²) in [6, 6.07) is 6.43. The minimum atomic E-state index is -0.269. The van der Waals surface area contributed by atoms with Crippen molar-refractivity contribution in [3.05, 3.63) is 53.5 Å². The van der Waals surface area contributed by atoms with E-state index in [0.717, 1.165) is 55.5 Å². The molecule has 0 bridgehead atoms. The Kier molecular flexibility index (Phi) is 9.87. The molecule has 0 heterocycles. The summed E-state index contributed by atoms with van der Waals surface area (Å²) in [7, 11) is 0. The lowest BCUT2D eigenvalue weighted by Gasteiger charge is -2.36. The van der Waals surface area contributed by atoms with Crippen molar-refractivity contribution in [1.29, 1.82) is 5.41 Å². The van der Waals surface area contributed by atoms with Crippen molar-refractivity contribution >= 4 is 17.8 Å². The van der Waals surface area contributed by atoms with Crippen LogP contribution < -0.4 is 10.6 Å². The number of carbonyl (C=O) groups excluding carboxylic acids is 1. The van der Waals surface area contributed by atoms with Gasteiger partial charge in [-0.3, -0.25) is 4.79 Å². The SMILES string of the molecule is C=C1CC[C@H](CC(CCC)NC(=O)CC(C)C)[C@@]1(C)C/C(C=N)=C(\C)Nc1ccc(F)cc1. The van der Waals surface area contributed by atoms with E-state index in [4.69, 9.17) is 5.41 Å². The first kappa shape index (κ1) is 26.8. The summed E-state index contributed by atoms with van der Waals surface area (Å²) in [6.07, 6.45) is 7.69. The van der Waals surface area contributed by atoms with Gasteiger partial charge in [-0.1, -0.05) is 46.3 Å². The molecule has 0 aliphatic heterocycles. The van der Waals surface area contributed by atoms with Gasteiger partial charge >= 0.3 is 0 Å². The zero-order valence-electron chi connectivity index (χ0n) is 21.1. The molecule has 1 unspecified atom stereocenters. The van der Waals surface area contributed by atoms with E-state index in [-0.39, 0.29) is 23.2 Å². The van der Waals surface area contributed by atoms with Crippen LogP contribution in [0, 0.1) is 28.5 Å². The molecule has 1 fully saturated rings. The molecule has 2 rings (SSSR count). The van der Waals surface area contributed by atoms with Crippen LogP contribution in [-0.2, 0) is 4.79 Å². The van der Waals surface area contributed by atoms with Crippen LogP contribution in [0.15, 0.2) is 47.7 Å². The second-order valence-electron chi connectivity index (χ2n) is 10.2. The van der Waals surface area contributed by atoms with Crippen molar-refractivity contribution in [2.24, 2.45) is 17.3 Å². The predicted octanol–water partition coefficient (Wildman–Crippen LogP) is 7.24. The maximum atomic E-state index is 13.2. The van der Waals surface area contributed by atoms with Gasteiger partial charge in [-0.15, -0.1) is 0 Å². The van der Waals surface area contributed by atoms with Crippen molar-refractivity contribution in [2.45, 2.75) is 85.6 Å². The molecule has 1 aromatic carbocycles. The number of nitrogens with one attached hydrogen (secondary N) is 3. The van der Waals surface area contributed by atoms with Crippen molar-refractivity contribution < 1.29 is 9.18 Å². The van der Waals surface area contributed by atoms with Crippen molar-refractivity contribution in [3.8, 4) is 0 Å². The largest absolute Gasteiger partial charge is 0.359 e. The molecule has 0 saturated heterocycles. The highest BCUT2D eigenvalue weighted by Crippen LogP contribution is 2.52. The Bertz CT molecular complexity index is 858. The van der Waals surface area contributed by atoms with Crippen LogP contribution in [-0.4, -0.2) is 18.2 Å². The maximum Gasteiger partial charge on any atom is 0.220 e. The van der Waals surface area contributed by atoms with Gasteiger partial charge in [0.25, 0.3) is 0 Å². The Morgan fingerprint density at radius 2 is 2.00 bits per heavy atom. The highest BCUT2D eigenvalue weighted by Gasteiger charge is 2.43. The Labute approximate surface area is 199 Å². The van der Waals surface area contributed by atoms with Crippen LogP contribution in [0.25, 0.3) is 0 Å². The van der Waals surface area contributed by atoms with Gasteiger partial charge in [0, 0.05) is 30.1 Å². The third-order valence-corrected chi connectivity index (χ3v) is 7.06. The van der Waals surface area contributed by atoms with Crippen molar-refractivity contribution in [1.82, 2.24) is 5.32 Å². The summed E-state index contributed by atoms with van der Waals surface area (Å²) >= 11 is 0. The Hall–Kier alpha value is -2.43. The van der Waals surface area contributed by atoms with Gasteiger partial charge in [-0.05, 0) is 86.1 Å². The molecule has 1 amide bonds. The van der Waals surface area contributed by atoms with E-state index in [9.17, 15) is 9.18 Å². The second-order valence-corrected chi connectivity index (χ2v) is 10.2. The number of amides is 1. The summed E-state index contributed by atoms with van der Waals surface area (Å²) in [5.41, 5.74) is 3.71. The van der Waals surface area contributed by atoms with Gasteiger partial charge in [-0.2, -0.15) is 0 Å². The molecule has 3 N–H and O–H groups in total. The van der Waals surface area contributed by atoms with Gasteiger partial charge < -0.3 is 16.0 Å². The van der Waals surface area contributed by atoms with Gasteiger partial charge in [0.05, 0.1) is 0 Å². The highest BCUT2D eigenvalue weighted by atomic mass is 19.1. The number of halogens is 1. The molecule has 0 spiro atoms. The first-order valence-electron chi connectivity index (χ1n) is 12.3. The summed E-state index contributed by atoms with van der Waals surface area (Å²) in [6.45, 7) is 14.9. The van der Waals surface area contributed by atoms with Crippen molar-refractivity contribution in [3.63, 3.8) is 0 Å². The van der Waals surface area contributed by atoms with Crippen LogP contribution in [0.1, 0.15) is 79.6 Å². The number of benzene rings is 1. The molecule has 1 aliphatic rings. The second kappa shape index (κ2) is 12.2. The predicted molar refractivity (Wildman–Crippen MR) is 137 cm³/mol.